The molecule has 0 aliphatic rings. The lowest BCUT2D eigenvalue weighted by Crippen LogP contribution is -2.02. The molecule has 1 aromatic heterocycles. The second-order valence-corrected chi connectivity index (χ2v) is 3.48. The Hall–Kier alpha value is -2.10. The van der Waals surface area contributed by atoms with Gasteiger partial charge in [0.25, 0.3) is 0 Å². The highest BCUT2D eigenvalue weighted by atomic mass is 16.5. The second-order valence-electron chi connectivity index (χ2n) is 3.48. The van der Waals surface area contributed by atoms with E-state index in [0.717, 1.165) is 11.4 Å². The highest BCUT2D eigenvalue weighted by Crippen LogP contribution is 2.15. The van der Waals surface area contributed by atoms with Crippen molar-refractivity contribution in [3.63, 3.8) is 0 Å². The summed E-state index contributed by atoms with van der Waals surface area (Å²) in [5.41, 5.74) is 7.26. The van der Waals surface area contributed by atoms with Crippen LogP contribution in [0.1, 0.15) is 11.5 Å². The molecule has 0 saturated heterocycles. The molecule has 2 rings (SSSR count). The molecule has 0 aliphatic carbocycles. The summed E-state index contributed by atoms with van der Waals surface area (Å²) in [6.45, 7) is 2.27. The number of ether oxygens (including phenoxy) is 1. The van der Waals surface area contributed by atoms with Crippen molar-refractivity contribution in [1.82, 2.24) is 9.97 Å². The first-order chi connectivity index (χ1) is 7.74. The van der Waals surface area contributed by atoms with E-state index < -0.39 is 0 Å². The van der Waals surface area contributed by atoms with Crippen LogP contribution < -0.4 is 10.5 Å². The van der Waals surface area contributed by atoms with E-state index in [1.165, 1.54) is 0 Å². The van der Waals surface area contributed by atoms with Crippen molar-refractivity contribution in [2.75, 3.05) is 5.73 Å². The summed E-state index contributed by atoms with van der Waals surface area (Å²) in [5.74, 6) is 1.40. The van der Waals surface area contributed by atoms with Gasteiger partial charge in [-0.15, -0.1) is 0 Å². The Morgan fingerprint density at radius 1 is 1.31 bits per heavy atom. The van der Waals surface area contributed by atoms with Gasteiger partial charge >= 0.3 is 0 Å². The molecule has 16 heavy (non-hydrogen) atoms. The topological polar surface area (TPSA) is 61.0 Å². The Labute approximate surface area is 94.1 Å². The van der Waals surface area contributed by atoms with Crippen molar-refractivity contribution in [3.8, 4) is 5.75 Å². The summed E-state index contributed by atoms with van der Waals surface area (Å²) in [5, 5.41) is 0. The zero-order valence-corrected chi connectivity index (χ0v) is 9.05. The highest BCUT2D eigenvalue weighted by Gasteiger charge is 1.99. The number of hydrogen-bond donors (Lipinski definition) is 1. The Morgan fingerprint density at radius 3 is 2.94 bits per heavy atom. The lowest BCUT2D eigenvalue weighted by atomic mass is 10.3. The monoisotopic (exact) mass is 215 g/mol. The lowest BCUT2D eigenvalue weighted by molar-refractivity contribution is 0.295. The minimum Gasteiger partial charge on any atom is -0.486 e. The molecular formula is C12H13N3O. The average Bonchev–Trinajstić information content (AvgIpc) is 2.27. The Bertz CT molecular complexity index is 440. The summed E-state index contributed by atoms with van der Waals surface area (Å²) in [6, 6.07) is 9.14. The summed E-state index contributed by atoms with van der Waals surface area (Å²) in [4.78, 5) is 8.35. The zero-order valence-electron chi connectivity index (χ0n) is 9.05. The number of rotatable bonds is 3. The van der Waals surface area contributed by atoms with Crippen molar-refractivity contribution in [3.05, 3.63) is 48.0 Å². The maximum absolute atomic E-state index is 5.64. The summed E-state index contributed by atoms with van der Waals surface area (Å²) < 4.78 is 5.52. The molecule has 1 aromatic carbocycles. The maximum Gasteiger partial charge on any atom is 0.166 e. The molecule has 4 heteroatoms. The molecule has 0 saturated carbocycles. The zero-order chi connectivity index (χ0) is 11.4. The largest absolute Gasteiger partial charge is 0.486 e. The van der Waals surface area contributed by atoms with E-state index in [-0.39, 0.29) is 0 Å². The molecule has 2 N–H and O–H groups in total. The van der Waals surface area contributed by atoms with Gasteiger partial charge in [0.1, 0.15) is 12.4 Å². The predicted molar refractivity (Wildman–Crippen MR) is 62.0 cm³/mol. The number of aryl methyl sites for hydroxylation is 1. The van der Waals surface area contributed by atoms with Crippen LogP contribution in [0.4, 0.5) is 5.69 Å². The van der Waals surface area contributed by atoms with Crippen LogP contribution >= 0.6 is 0 Å². The van der Waals surface area contributed by atoms with Crippen molar-refractivity contribution in [2.45, 2.75) is 13.5 Å². The van der Waals surface area contributed by atoms with Crippen LogP contribution in [-0.2, 0) is 6.61 Å². The van der Waals surface area contributed by atoms with Crippen LogP contribution in [-0.4, -0.2) is 9.97 Å². The molecule has 82 valence electrons. The van der Waals surface area contributed by atoms with Crippen LogP contribution in [0.15, 0.2) is 36.5 Å². The highest BCUT2D eigenvalue weighted by molar-refractivity contribution is 5.43. The molecule has 0 spiro atoms. The van der Waals surface area contributed by atoms with Gasteiger partial charge in [-0.25, -0.2) is 9.97 Å². The molecule has 0 bridgehead atoms. The van der Waals surface area contributed by atoms with E-state index in [4.69, 9.17) is 10.5 Å². The lowest BCUT2D eigenvalue weighted by Gasteiger charge is -2.05. The summed E-state index contributed by atoms with van der Waals surface area (Å²) in [7, 11) is 0. The third-order valence-electron chi connectivity index (χ3n) is 2.07. The Balaban J connectivity index is 2.02. The molecule has 2 aromatic rings. The van der Waals surface area contributed by atoms with E-state index in [2.05, 4.69) is 9.97 Å². The van der Waals surface area contributed by atoms with Gasteiger partial charge < -0.3 is 10.5 Å². The Kier molecular flexibility index (Phi) is 3.00. The number of benzene rings is 1. The fourth-order valence-electron chi connectivity index (χ4n) is 1.32. The molecule has 0 amide bonds. The number of aromatic nitrogens is 2. The van der Waals surface area contributed by atoms with Gasteiger partial charge in [-0.05, 0) is 25.1 Å². The first kappa shape index (κ1) is 10.4. The van der Waals surface area contributed by atoms with Crippen LogP contribution in [0.25, 0.3) is 0 Å². The first-order valence-electron chi connectivity index (χ1n) is 5.01. The smallest absolute Gasteiger partial charge is 0.166 e. The third-order valence-corrected chi connectivity index (χ3v) is 2.07. The normalized spacial score (nSPS) is 10.1. The molecule has 1 heterocycles. The number of anilines is 1. The van der Waals surface area contributed by atoms with Gasteiger partial charge in [0, 0.05) is 23.6 Å². The Morgan fingerprint density at radius 2 is 2.19 bits per heavy atom. The van der Waals surface area contributed by atoms with Gasteiger partial charge in [0.05, 0.1) is 0 Å². The number of nitrogens with zero attached hydrogens (tertiary/aromatic N) is 2. The molecule has 0 fully saturated rings. The molecule has 4 nitrogen and oxygen atoms in total. The van der Waals surface area contributed by atoms with E-state index in [9.17, 15) is 0 Å². The summed E-state index contributed by atoms with van der Waals surface area (Å²) >= 11 is 0. The SMILES string of the molecule is Cc1ccnc(COc2cccc(N)c2)n1. The molecular weight excluding hydrogens is 202 g/mol. The van der Waals surface area contributed by atoms with Gasteiger partial charge in [-0.2, -0.15) is 0 Å². The molecule has 0 unspecified atom stereocenters. The van der Waals surface area contributed by atoms with Crippen molar-refractivity contribution in [1.29, 1.82) is 0 Å². The van der Waals surface area contributed by atoms with Crippen LogP contribution in [0.2, 0.25) is 0 Å². The predicted octanol–water partition coefficient (Wildman–Crippen LogP) is 1.95. The van der Waals surface area contributed by atoms with Gasteiger partial charge in [-0.3, -0.25) is 0 Å². The van der Waals surface area contributed by atoms with Crippen LogP contribution in [0.5, 0.6) is 5.75 Å². The quantitative estimate of drug-likeness (QED) is 0.795. The summed E-state index contributed by atoms with van der Waals surface area (Å²) in [6.07, 6.45) is 1.72. The van der Waals surface area contributed by atoms with E-state index in [1.54, 1.807) is 12.3 Å². The van der Waals surface area contributed by atoms with Crippen molar-refractivity contribution in [2.24, 2.45) is 0 Å². The van der Waals surface area contributed by atoms with Crippen molar-refractivity contribution >= 4 is 5.69 Å². The van der Waals surface area contributed by atoms with Crippen LogP contribution in [0.3, 0.4) is 0 Å². The molecule has 0 aliphatic heterocycles. The number of nitrogen functional groups attached to an aromatic ring is 1. The third kappa shape index (κ3) is 2.70. The maximum atomic E-state index is 5.64. The first-order valence-corrected chi connectivity index (χ1v) is 5.01. The average molecular weight is 215 g/mol. The second kappa shape index (κ2) is 4.61. The van der Waals surface area contributed by atoms with Crippen LogP contribution in [0, 0.1) is 6.92 Å². The van der Waals surface area contributed by atoms with Gasteiger partial charge in [0.2, 0.25) is 0 Å². The minimum absolute atomic E-state index is 0.352. The molecule has 0 atom stereocenters. The fourth-order valence-corrected chi connectivity index (χ4v) is 1.32. The number of nitrogens with two attached hydrogens (primary N) is 1. The van der Waals surface area contributed by atoms with E-state index >= 15 is 0 Å². The standard InChI is InChI=1S/C12H13N3O/c1-9-5-6-14-12(15-9)8-16-11-4-2-3-10(13)7-11/h2-7H,8,13H2,1H3. The fraction of sp³-hybridized carbons (Fsp3) is 0.167. The van der Waals surface area contributed by atoms with Gasteiger partial charge in [-0.1, -0.05) is 6.07 Å². The van der Waals surface area contributed by atoms with E-state index in [0.29, 0.717) is 18.1 Å². The van der Waals surface area contributed by atoms with E-state index in [1.807, 2.05) is 31.2 Å². The van der Waals surface area contributed by atoms with Crippen molar-refractivity contribution < 1.29 is 4.74 Å². The minimum atomic E-state index is 0.352. The number of hydrogen-bond acceptors (Lipinski definition) is 4. The molecule has 0 radical (unpaired) electrons. The van der Waals surface area contributed by atoms with Gasteiger partial charge in [0.15, 0.2) is 5.82 Å².